The van der Waals surface area contributed by atoms with Crippen molar-refractivity contribution in [2.75, 3.05) is 45.9 Å². The first-order valence-corrected chi connectivity index (χ1v) is 21.1. The van der Waals surface area contributed by atoms with Crippen molar-refractivity contribution in [3.63, 3.8) is 0 Å². The predicted octanol–water partition coefficient (Wildman–Crippen LogP) is 12.8. The average Bonchev–Trinajstić information content (AvgIpc) is 3.63. The number of anilines is 2. The minimum atomic E-state index is -0.705. The van der Waals surface area contributed by atoms with Crippen molar-refractivity contribution >= 4 is 23.3 Å². The van der Waals surface area contributed by atoms with E-state index in [1.54, 1.807) is 43.2 Å². The highest BCUT2D eigenvalue weighted by Crippen LogP contribution is 2.37. The van der Waals surface area contributed by atoms with Crippen LogP contribution in [0.5, 0.6) is 17.2 Å². The molecule has 4 aromatic rings. The van der Waals surface area contributed by atoms with Crippen LogP contribution in [-0.2, 0) is 10.5 Å². The summed E-state index contributed by atoms with van der Waals surface area (Å²) in [7, 11) is 4.97. The molecule has 1 heterocycles. The maximum atomic E-state index is 15.2. The fraction of sp³-hybridized carbons (Fsp3) is 0.533. The van der Waals surface area contributed by atoms with Crippen LogP contribution in [0.15, 0.2) is 66.0 Å². The lowest BCUT2D eigenvalue weighted by Crippen LogP contribution is -2.41. The molecular weight excluding hydrogens is 750 g/mol. The second kappa shape index (κ2) is 27.7. The number of rotatable bonds is 17. The minimum absolute atomic E-state index is 0.0341. The number of benzene rings is 3. The molecule has 1 aromatic heterocycles. The maximum absolute atomic E-state index is 15.2. The van der Waals surface area contributed by atoms with Gasteiger partial charge in [0.1, 0.15) is 29.0 Å². The fourth-order valence-corrected chi connectivity index (χ4v) is 6.00. The molecular formula is C45H71F3N4O4S. The second-order valence-corrected chi connectivity index (χ2v) is 14.1. The Kier molecular flexibility index (Phi) is 25.8. The summed E-state index contributed by atoms with van der Waals surface area (Å²) in [4.78, 5) is 6.47. The van der Waals surface area contributed by atoms with Crippen LogP contribution in [0.4, 0.5) is 24.7 Å². The van der Waals surface area contributed by atoms with Gasteiger partial charge < -0.3 is 29.2 Å². The van der Waals surface area contributed by atoms with Crippen LogP contribution in [0.2, 0.25) is 0 Å². The fourth-order valence-electron chi connectivity index (χ4n) is 4.99. The quantitative estimate of drug-likeness (QED) is 0.0834. The number of methoxy groups -OCH3 is 2. The first-order valence-electron chi connectivity index (χ1n) is 20.1. The number of aromatic nitrogens is 2. The minimum Gasteiger partial charge on any atom is -0.493 e. The summed E-state index contributed by atoms with van der Waals surface area (Å²) < 4.78 is 68.5. The first kappa shape index (κ1) is 53.1. The lowest BCUT2D eigenvalue weighted by molar-refractivity contribution is -0.0115. The van der Waals surface area contributed by atoms with Crippen LogP contribution < -0.4 is 24.4 Å². The Hall–Kier alpha value is -3.87. The van der Waals surface area contributed by atoms with Gasteiger partial charge in [-0.1, -0.05) is 67.2 Å². The van der Waals surface area contributed by atoms with Gasteiger partial charge in [-0.15, -0.1) is 0 Å². The Morgan fingerprint density at radius 3 is 1.89 bits per heavy atom. The molecule has 0 saturated heterocycles. The Labute approximate surface area is 346 Å². The molecule has 8 nitrogen and oxygen atoms in total. The molecule has 0 spiro atoms. The molecule has 1 N–H and O–H groups in total. The van der Waals surface area contributed by atoms with Crippen molar-refractivity contribution < 1.29 is 32.1 Å². The molecule has 0 fully saturated rings. The van der Waals surface area contributed by atoms with E-state index in [9.17, 15) is 4.39 Å². The summed E-state index contributed by atoms with van der Waals surface area (Å²) in [6, 6.07) is 13.9. The van der Waals surface area contributed by atoms with E-state index in [-0.39, 0.29) is 34.0 Å². The van der Waals surface area contributed by atoms with Crippen LogP contribution >= 0.6 is 11.8 Å². The van der Waals surface area contributed by atoms with Gasteiger partial charge >= 0.3 is 0 Å². The molecule has 4 rings (SSSR count). The van der Waals surface area contributed by atoms with Gasteiger partial charge in [-0.2, -0.15) is 0 Å². The van der Waals surface area contributed by atoms with Gasteiger partial charge in [-0.05, 0) is 90.4 Å². The van der Waals surface area contributed by atoms with E-state index in [4.69, 9.17) is 18.9 Å². The highest BCUT2D eigenvalue weighted by molar-refractivity contribution is 7.98. The van der Waals surface area contributed by atoms with Gasteiger partial charge in [0, 0.05) is 60.1 Å². The first-order chi connectivity index (χ1) is 27.2. The zero-order valence-corrected chi connectivity index (χ0v) is 38.3. The highest BCUT2D eigenvalue weighted by atomic mass is 32.2. The SMILES string of the molecule is CC.CC.CC.CC.COc1ccc(N(C)c2cnc(SCc3c(F)cc(OCCCNC(C)(C)CCOC(C)(C)C)cc3F)n2-c2ccc(F)cc2)cc1OC. The summed E-state index contributed by atoms with van der Waals surface area (Å²) in [6.07, 6.45) is 3.17. The van der Waals surface area contributed by atoms with Crippen molar-refractivity contribution in [3.8, 4) is 22.9 Å². The number of halogens is 3. The summed E-state index contributed by atoms with van der Waals surface area (Å²) >= 11 is 1.16. The van der Waals surface area contributed by atoms with Gasteiger partial charge in [0.25, 0.3) is 0 Å². The van der Waals surface area contributed by atoms with E-state index >= 15 is 8.78 Å². The maximum Gasteiger partial charge on any atom is 0.174 e. The van der Waals surface area contributed by atoms with E-state index in [1.165, 1.54) is 24.3 Å². The van der Waals surface area contributed by atoms with Crippen LogP contribution in [0.1, 0.15) is 108 Å². The van der Waals surface area contributed by atoms with Gasteiger partial charge in [-0.3, -0.25) is 4.57 Å². The average molecular weight is 821 g/mol. The Morgan fingerprint density at radius 1 is 0.772 bits per heavy atom. The van der Waals surface area contributed by atoms with Crippen LogP contribution in [0.25, 0.3) is 5.69 Å². The van der Waals surface area contributed by atoms with Gasteiger partial charge in [-0.25, -0.2) is 18.2 Å². The summed E-state index contributed by atoms with van der Waals surface area (Å²) in [5, 5.41) is 3.96. The van der Waals surface area contributed by atoms with Gasteiger partial charge in [0.05, 0.1) is 32.6 Å². The van der Waals surface area contributed by atoms with Crippen molar-refractivity contribution in [3.05, 3.63) is 83.8 Å². The number of thioether (sulfide) groups is 1. The Balaban J connectivity index is 0.00000368. The van der Waals surface area contributed by atoms with E-state index < -0.39 is 11.6 Å². The molecule has 322 valence electrons. The van der Waals surface area contributed by atoms with Crippen LogP contribution in [0, 0.1) is 17.5 Å². The number of nitrogens with one attached hydrogen (secondary N) is 1. The second-order valence-electron chi connectivity index (χ2n) is 13.2. The monoisotopic (exact) mass is 821 g/mol. The van der Waals surface area contributed by atoms with Crippen molar-refractivity contribution in [2.24, 2.45) is 0 Å². The topological polar surface area (TPSA) is 70.0 Å². The molecule has 0 bridgehead atoms. The molecule has 0 saturated carbocycles. The number of ether oxygens (including phenoxy) is 4. The third-order valence-corrected chi connectivity index (χ3v) is 8.79. The third kappa shape index (κ3) is 17.7. The molecule has 3 aromatic carbocycles. The van der Waals surface area contributed by atoms with Crippen molar-refractivity contribution in [1.82, 2.24) is 14.9 Å². The molecule has 57 heavy (non-hydrogen) atoms. The Morgan fingerprint density at radius 2 is 1.35 bits per heavy atom. The zero-order valence-electron chi connectivity index (χ0n) is 37.5. The van der Waals surface area contributed by atoms with Gasteiger partial charge in [0.2, 0.25) is 0 Å². The summed E-state index contributed by atoms with van der Waals surface area (Å²) in [5.74, 6) is 0.0692. The normalized spacial score (nSPS) is 10.6. The summed E-state index contributed by atoms with van der Waals surface area (Å²) in [6.45, 7) is 28.0. The van der Waals surface area contributed by atoms with E-state index in [2.05, 4.69) is 24.1 Å². The van der Waals surface area contributed by atoms with E-state index in [0.717, 1.165) is 23.9 Å². The third-order valence-electron chi connectivity index (χ3n) is 7.81. The van der Waals surface area contributed by atoms with Crippen molar-refractivity contribution in [2.45, 2.75) is 125 Å². The van der Waals surface area contributed by atoms with Gasteiger partial charge in [0.15, 0.2) is 16.7 Å². The number of nitrogens with zero attached hydrogens (tertiary/aromatic N) is 3. The van der Waals surface area contributed by atoms with Crippen molar-refractivity contribution in [1.29, 1.82) is 0 Å². The largest absolute Gasteiger partial charge is 0.493 e. The standard InChI is InChI=1S/C37H47F3N4O4S.4C2H6/c1-36(2,3)48-19-16-37(4,5)42-17-9-18-47-28-21-30(39)29(31(40)22-28)24-49-35-41-23-34(44(35)26-12-10-25(38)11-13-26)43(6)27-14-15-32(45-7)33(20-27)46-8;4*1-2/h10-15,20-23,42H,9,16-19,24H2,1-8H3;4*1-2H3. The van der Waals surface area contributed by atoms with Crippen LogP contribution in [0.3, 0.4) is 0 Å². The smallest absolute Gasteiger partial charge is 0.174 e. The predicted molar refractivity (Wildman–Crippen MR) is 235 cm³/mol. The molecule has 0 radical (unpaired) electrons. The molecule has 0 atom stereocenters. The van der Waals surface area contributed by atoms with Crippen LogP contribution in [-0.4, -0.2) is 61.7 Å². The molecule has 0 aliphatic carbocycles. The van der Waals surface area contributed by atoms with E-state index in [0.29, 0.717) is 54.3 Å². The zero-order chi connectivity index (χ0) is 43.8. The Bertz CT molecular complexity index is 1660. The number of hydrogen-bond acceptors (Lipinski definition) is 8. The summed E-state index contributed by atoms with van der Waals surface area (Å²) in [5.41, 5.74) is 1.01. The highest BCUT2D eigenvalue weighted by Gasteiger charge is 2.21. The number of hydrogen-bond donors (Lipinski definition) is 1. The molecule has 0 aliphatic heterocycles. The number of imidazole rings is 1. The molecule has 0 amide bonds. The lowest BCUT2D eigenvalue weighted by Gasteiger charge is -2.28. The molecule has 0 unspecified atom stereocenters. The molecule has 12 heteroatoms. The molecule has 0 aliphatic rings. The van der Waals surface area contributed by atoms with E-state index in [1.807, 2.05) is 100 Å². The lowest BCUT2D eigenvalue weighted by atomic mass is 10.0.